The van der Waals surface area contributed by atoms with Crippen molar-refractivity contribution in [2.24, 2.45) is 5.14 Å². The number of likely N-dealkylation sites (N-methyl/N-ethyl adjacent to an activating group) is 1. The highest BCUT2D eigenvalue weighted by molar-refractivity contribution is 7.89. The van der Waals surface area contributed by atoms with Crippen molar-refractivity contribution in [1.29, 1.82) is 0 Å². The minimum absolute atomic E-state index is 0.115. The molecule has 0 saturated carbocycles. The van der Waals surface area contributed by atoms with E-state index >= 15 is 0 Å². The van der Waals surface area contributed by atoms with Crippen LogP contribution in [0.5, 0.6) is 0 Å². The first-order valence-corrected chi connectivity index (χ1v) is 7.57. The van der Waals surface area contributed by atoms with Gasteiger partial charge in [-0.25, -0.2) is 17.9 Å². The second kappa shape index (κ2) is 6.67. The van der Waals surface area contributed by atoms with Gasteiger partial charge in [-0.05, 0) is 32.0 Å². The summed E-state index contributed by atoms with van der Waals surface area (Å²) in [6, 6.07) is 3.30. The number of primary sulfonamides is 1. The molecule has 0 saturated heterocycles. The van der Waals surface area contributed by atoms with Crippen LogP contribution in [-0.2, 0) is 19.6 Å². The summed E-state index contributed by atoms with van der Waals surface area (Å²) in [6.07, 6.45) is 0. The summed E-state index contributed by atoms with van der Waals surface area (Å²) < 4.78 is 41.0. The first-order valence-electron chi connectivity index (χ1n) is 6.02. The molecule has 0 radical (unpaired) electrons. The number of halogens is 1. The summed E-state index contributed by atoms with van der Waals surface area (Å²) in [5.74, 6) is -1.24. The monoisotopic (exact) mass is 304 g/mol. The number of sulfonamides is 1. The molecule has 0 aromatic heterocycles. The Labute approximate surface area is 117 Å². The molecule has 0 aliphatic heterocycles. The summed E-state index contributed by atoms with van der Waals surface area (Å²) in [7, 11) is -3.96. The van der Waals surface area contributed by atoms with E-state index in [9.17, 15) is 17.6 Å². The molecule has 0 aliphatic carbocycles. The van der Waals surface area contributed by atoms with Crippen LogP contribution in [0, 0.1) is 5.82 Å². The molecule has 20 heavy (non-hydrogen) atoms. The number of rotatable bonds is 6. The maximum atomic E-state index is 13.9. The quantitative estimate of drug-likeness (QED) is 0.787. The van der Waals surface area contributed by atoms with E-state index in [0.717, 1.165) is 6.07 Å². The normalized spacial score (nSPS) is 11.2. The average Bonchev–Trinajstić information content (AvgIpc) is 2.35. The van der Waals surface area contributed by atoms with E-state index in [1.165, 1.54) is 17.0 Å². The Morgan fingerprint density at radius 1 is 1.40 bits per heavy atom. The molecule has 0 spiro atoms. The number of hydrogen-bond acceptors (Lipinski definition) is 5. The smallest absolute Gasteiger partial charge is 0.325 e. The second-order valence-corrected chi connectivity index (χ2v) is 5.54. The lowest BCUT2D eigenvalue weighted by atomic mass is 10.2. The van der Waals surface area contributed by atoms with E-state index in [4.69, 9.17) is 9.88 Å². The van der Waals surface area contributed by atoms with Gasteiger partial charge in [0.25, 0.3) is 0 Å². The van der Waals surface area contributed by atoms with Crippen molar-refractivity contribution in [3.05, 3.63) is 24.0 Å². The van der Waals surface area contributed by atoms with Crippen molar-refractivity contribution in [1.82, 2.24) is 0 Å². The first kappa shape index (κ1) is 16.4. The lowest BCUT2D eigenvalue weighted by Gasteiger charge is -2.22. The van der Waals surface area contributed by atoms with Crippen molar-refractivity contribution < 1.29 is 22.3 Å². The molecule has 1 aromatic carbocycles. The minimum atomic E-state index is -3.96. The van der Waals surface area contributed by atoms with Crippen molar-refractivity contribution in [2.45, 2.75) is 18.7 Å². The highest BCUT2D eigenvalue weighted by Gasteiger charge is 2.17. The van der Waals surface area contributed by atoms with E-state index in [-0.39, 0.29) is 23.7 Å². The highest BCUT2D eigenvalue weighted by Crippen LogP contribution is 2.22. The molecule has 0 atom stereocenters. The Morgan fingerprint density at radius 2 is 2.05 bits per heavy atom. The van der Waals surface area contributed by atoms with Gasteiger partial charge in [-0.15, -0.1) is 0 Å². The average molecular weight is 304 g/mol. The SMILES string of the molecule is CCOC(=O)CN(CC)c1ccc(S(N)(=O)=O)cc1F. The van der Waals surface area contributed by atoms with Crippen molar-refractivity contribution in [3.8, 4) is 0 Å². The zero-order valence-electron chi connectivity index (χ0n) is 11.3. The summed E-state index contributed by atoms with van der Waals surface area (Å²) in [4.78, 5) is 12.6. The summed E-state index contributed by atoms with van der Waals surface area (Å²) in [5.41, 5.74) is 0.118. The van der Waals surface area contributed by atoms with Gasteiger partial charge in [0, 0.05) is 6.54 Å². The van der Waals surface area contributed by atoms with E-state index in [1.54, 1.807) is 13.8 Å². The first-order chi connectivity index (χ1) is 9.29. The molecular formula is C12H17FN2O4S. The van der Waals surface area contributed by atoms with Crippen LogP contribution in [0.4, 0.5) is 10.1 Å². The second-order valence-electron chi connectivity index (χ2n) is 3.98. The summed E-state index contributed by atoms with van der Waals surface area (Å²) in [5, 5.41) is 4.92. The van der Waals surface area contributed by atoms with Crippen LogP contribution in [-0.4, -0.2) is 34.1 Å². The van der Waals surface area contributed by atoms with Crippen LogP contribution in [0.15, 0.2) is 23.1 Å². The number of benzene rings is 1. The molecule has 2 N–H and O–H groups in total. The number of carbonyl (C=O) groups excluding carboxylic acids is 1. The van der Waals surface area contributed by atoms with Crippen molar-refractivity contribution in [2.75, 3.05) is 24.6 Å². The Hall–Kier alpha value is -1.67. The standard InChI is InChI=1S/C12H17FN2O4S/c1-3-15(8-12(16)19-4-2)11-6-5-9(7-10(11)13)20(14,17)18/h5-7H,3-4,8H2,1-2H3,(H2,14,17,18). The van der Waals surface area contributed by atoms with Gasteiger partial charge >= 0.3 is 5.97 Å². The van der Waals surface area contributed by atoms with Crippen LogP contribution in [0.3, 0.4) is 0 Å². The van der Waals surface area contributed by atoms with E-state index < -0.39 is 21.8 Å². The largest absolute Gasteiger partial charge is 0.465 e. The molecule has 8 heteroatoms. The van der Waals surface area contributed by atoms with Crippen LogP contribution in [0.1, 0.15) is 13.8 Å². The van der Waals surface area contributed by atoms with E-state index in [2.05, 4.69) is 0 Å². The number of hydrogen-bond donors (Lipinski definition) is 1. The van der Waals surface area contributed by atoms with Gasteiger partial charge in [-0.3, -0.25) is 4.79 Å². The summed E-state index contributed by atoms with van der Waals surface area (Å²) in [6.45, 7) is 3.91. The molecule has 0 amide bonds. The third-order valence-corrected chi connectivity index (χ3v) is 3.51. The molecule has 0 bridgehead atoms. The van der Waals surface area contributed by atoms with Gasteiger partial charge in [0.2, 0.25) is 10.0 Å². The minimum Gasteiger partial charge on any atom is -0.465 e. The molecule has 112 valence electrons. The van der Waals surface area contributed by atoms with Crippen LogP contribution >= 0.6 is 0 Å². The van der Waals surface area contributed by atoms with E-state index in [0.29, 0.717) is 6.54 Å². The van der Waals surface area contributed by atoms with Gasteiger partial charge in [0.1, 0.15) is 12.4 Å². The topological polar surface area (TPSA) is 89.7 Å². The number of esters is 1. The number of anilines is 1. The van der Waals surface area contributed by atoms with Gasteiger partial charge in [0.15, 0.2) is 0 Å². The number of nitrogens with zero attached hydrogens (tertiary/aromatic N) is 1. The molecule has 1 aromatic rings. The zero-order chi connectivity index (χ0) is 15.3. The van der Waals surface area contributed by atoms with Gasteiger partial charge in [-0.2, -0.15) is 0 Å². The third kappa shape index (κ3) is 4.17. The van der Waals surface area contributed by atoms with Gasteiger partial charge < -0.3 is 9.64 Å². The number of nitrogens with two attached hydrogens (primary N) is 1. The maximum absolute atomic E-state index is 13.9. The Kier molecular flexibility index (Phi) is 5.46. The predicted molar refractivity (Wildman–Crippen MR) is 72.3 cm³/mol. The third-order valence-electron chi connectivity index (χ3n) is 2.60. The maximum Gasteiger partial charge on any atom is 0.325 e. The van der Waals surface area contributed by atoms with Crippen LogP contribution < -0.4 is 10.0 Å². The summed E-state index contributed by atoms with van der Waals surface area (Å²) >= 11 is 0. The lowest BCUT2D eigenvalue weighted by Crippen LogP contribution is -2.31. The van der Waals surface area contributed by atoms with Crippen molar-refractivity contribution >= 4 is 21.7 Å². The van der Waals surface area contributed by atoms with Gasteiger partial charge in [0.05, 0.1) is 17.2 Å². The van der Waals surface area contributed by atoms with Crippen LogP contribution in [0.2, 0.25) is 0 Å². The zero-order valence-corrected chi connectivity index (χ0v) is 12.1. The number of ether oxygens (including phenoxy) is 1. The van der Waals surface area contributed by atoms with Crippen LogP contribution in [0.25, 0.3) is 0 Å². The molecule has 0 unspecified atom stereocenters. The molecule has 6 nitrogen and oxygen atoms in total. The molecular weight excluding hydrogens is 287 g/mol. The molecule has 0 aliphatic rings. The fourth-order valence-corrected chi connectivity index (χ4v) is 2.18. The lowest BCUT2D eigenvalue weighted by molar-refractivity contribution is -0.141. The fraction of sp³-hybridized carbons (Fsp3) is 0.417. The molecule has 0 heterocycles. The molecule has 0 fully saturated rings. The predicted octanol–water partition coefficient (Wildman–Crippen LogP) is 0.863. The highest BCUT2D eigenvalue weighted by atomic mass is 32.2. The van der Waals surface area contributed by atoms with Crippen molar-refractivity contribution in [3.63, 3.8) is 0 Å². The van der Waals surface area contributed by atoms with Gasteiger partial charge in [-0.1, -0.05) is 0 Å². The number of carbonyl (C=O) groups is 1. The fourth-order valence-electron chi connectivity index (χ4n) is 1.65. The Balaban J connectivity index is 3.02. The molecule has 1 rings (SSSR count). The Morgan fingerprint density at radius 3 is 2.50 bits per heavy atom. The Bertz CT molecular complexity index is 589. The van der Waals surface area contributed by atoms with E-state index in [1.807, 2.05) is 0 Å².